The largest absolute Gasteiger partial charge is 0.550 e. The number of carboxylic acid groups (broad SMARTS) is 2. The van der Waals surface area contributed by atoms with Crippen LogP contribution in [0.1, 0.15) is 17.9 Å². The first-order valence-corrected chi connectivity index (χ1v) is 5.10. The summed E-state index contributed by atoms with van der Waals surface area (Å²) in [6, 6.07) is 6.61. The monoisotopic (exact) mass is 235 g/mol. The molecular weight excluding hydrogens is 222 g/mol. The fourth-order valence-electron chi connectivity index (χ4n) is 1.51. The molecule has 0 aliphatic heterocycles. The Balaban J connectivity index is 2.95. The van der Waals surface area contributed by atoms with Crippen molar-refractivity contribution in [1.29, 1.82) is 0 Å². The van der Waals surface area contributed by atoms with E-state index in [1.165, 1.54) is 0 Å². The minimum Gasteiger partial charge on any atom is -0.550 e. The van der Waals surface area contributed by atoms with E-state index >= 15 is 0 Å². The van der Waals surface area contributed by atoms with Crippen LogP contribution in [0.4, 0.5) is 5.69 Å². The Morgan fingerprint density at radius 1 is 1.18 bits per heavy atom. The van der Waals surface area contributed by atoms with Crippen LogP contribution in [-0.2, 0) is 9.59 Å². The lowest BCUT2D eigenvalue weighted by atomic mass is 9.96. The van der Waals surface area contributed by atoms with Gasteiger partial charge in [0.1, 0.15) is 0 Å². The number of rotatable bonds is 5. The number of carboxylic acids is 2. The molecule has 0 N–H and O–H groups in total. The maximum Gasteiger partial charge on any atom is 0.0493 e. The topological polar surface area (TPSA) is 83.5 Å². The van der Waals surface area contributed by atoms with E-state index in [4.69, 9.17) is 0 Å². The van der Waals surface area contributed by atoms with Crippen LogP contribution in [0.2, 0.25) is 0 Å². The molecule has 0 amide bonds. The number of hydrogen-bond donors (Lipinski definition) is 0. The molecule has 0 aliphatic rings. The second-order valence-electron chi connectivity index (χ2n) is 3.93. The van der Waals surface area contributed by atoms with Crippen LogP contribution >= 0.6 is 0 Å². The predicted octanol–water partition coefficient (Wildman–Crippen LogP) is -1.27. The molecule has 0 aliphatic carbocycles. The minimum absolute atomic E-state index is 0.403. The zero-order valence-corrected chi connectivity index (χ0v) is 9.67. The summed E-state index contributed by atoms with van der Waals surface area (Å²) in [4.78, 5) is 23.2. The summed E-state index contributed by atoms with van der Waals surface area (Å²) in [5.41, 5.74) is 1.30. The molecule has 5 heteroatoms. The molecule has 5 nitrogen and oxygen atoms in total. The van der Waals surface area contributed by atoms with Crippen LogP contribution in [0.5, 0.6) is 0 Å². The van der Waals surface area contributed by atoms with Gasteiger partial charge in [0.05, 0.1) is 0 Å². The Bertz CT molecular complexity index is 411. The quantitative estimate of drug-likeness (QED) is 0.635. The molecule has 0 saturated heterocycles. The molecule has 0 radical (unpaired) electrons. The standard InChI is InChI=1S/C12H15NO4/c1-13(2)9-5-3-8(4-6-9)10(12(16)17)7-11(14)15/h3-6,10H,7H2,1-2H3,(H,14,15)(H,16,17)/p-2. The first-order chi connectivity index (χ1) is 7.91. The Kier molecular flexibility index (Phi) is 4.09. The summed E-state index contributed by atoms with van der Waals surface area (Å²) in [6.45, 7) is 0. The highest BCUT2D eigenvalue weighted by atomic mass is 16.4. The molecule has 92 valence electrons. The van der Waals surface area contributed by atoms with Gasteiger partial charge in [0.15, 0.2) is 0 Å². The first-order valence-electron chi connectivity index (χ1n) is 5.10. The SMILES string of the molecule is CN(C)c1ccc(C(CC(=O)[O-])C(=O)[O-])cc1. The number of nitrogens with zero attached hydrogens (tertiary/aromatic N) is 1. The molecule has 1 aromatic rings. The van der Waals surface area contributed by atoms with Gasteiger partial charge in [0, 0.05) is 37.6 Å². The van der Waals surface area contributed by atoms with Crippen molar-refractivity contribution in [2.75, 3.05) is 19.0 Å². The maximum atomic E-state index is 10.8. The molecule has 0 fully saturated rings. The molecule has 0 heterocycles. The van der Waals surface area contributed by atoms with Crippen LogP contribution in [0, 0.1) is 0 Å². The number of carbonyl (C=O) groups excluding carboxylic acids is 2. The molecule has 1 rings (SSSR count). The maximum absolute atomic E-state index is 10.8. The first kappa shape index (κ1) is 13.0. The van der Waals surface area contributed by atoms with Gasteiger partial charge in [-0.15, -0.1) is 0 Å². The fraction of sp³-hybridized carbons (Fsp3) is 0.333. The van der Waals surface area contributed by atoms with E-state index in [-0.39, 0.29) is 0 Å². The van der Waals surface area contributed by atoms with Crippen molar-refractivity contribution in [3.05, 3.63) is 29.8 Å². The van der Waals surface area contributed by atoms with Crippen molar-refractivity contribution in [1.82, 2.24) is 0 Å². The number of benzene rings is 1. The second-order valence-corrected chi connectivity index (χ2v) is 3.93. The van der Waals surface area contributed by atoms with Gasteiger partial charge < -0.3 is 24.7 Å². The summed E-state index contributed by atoms with van der Waals surface area (Å²) < 4.78 is 0. The van der Waals surface area contributed by atoms with Crippen molar-refractivity contribution in [2.45, 2.75) is 12.3 Å². The van der Waals surface area contributed by atoms with E-state index in [9.17, 15) is 19.8 Å². The molecule has 17 heavy (non-hydrogen) atoms. The summed E-state index contributed by atoms with van der Waals surface area (Å²) in [5.74, 6) is -3.99. The summed E-state index contributed by atoms with van der Waals surface area (Å²) >= 11 is 0. The molecule has 1 atom stereocenters. The lowest BCUT2D eigenvalue weighted by molar-refractivity contribution is -0.317. The lowest BCUT2D eigenvalue weighted by Gasteiger charge is -2.20. The van der Waals surface area contributed by atoms with E-state index in [1.54, 1.807) is 24.3 Å². The third kappa shape index (κ3) is 3.48. The van der Waals surface area contributed by atoms with Crippen molar-refractivity contribution in [2.24, 2.45) is 0 Å². The third-order valence-corrected chi connectivity index (χ3v) is 2.47. The highest BCUT2D eigenvalue weighted by Gasteiger charge is 2.13. The smallest absolute Gasteiger partial charge is 0.0493 e. The van der Waals surface area contributed by atoms with Crippen LogP contribution in [-0.4, -0.2) is 26.0 Å². The summed E-state index contributed by atoms with van der Waals surface area (Å²) in [7, 11) is 3.71. The van der Waals surface area contributed by atoms with E-state index in [1.807, 2.05) is 19.0 Å². The van der Waals surface area contributed by atoms with Gasteiger partial charge in [-0.05, 0) is 24.1 Å². The third-order valence-electron chi connectivity index (χ3n) is 2.47. The zero-order valence-electron chi connectivity index (χ0n) is 9.67. The normalized spacial score (nSPS) is 11.9. The lowest BCUT2D eigenvalue weighted by Crippen LogP contribution is -2.34. The predicted molar refractivity (Wildman–Crippen MR) is 58.1 cm³/mol. The van der Waals surface area contributed by atoms with Gasteiger partial charge in [-0.1, -0.05) is 12.1 Å². The summed E-state index contributed by atoms with van der Waals surface area (Å²) in [6.07, 6.45) is -0.580. The molecule has 1 unspecified atom stereocenters. The molecule has 1 aromatic carbocycles. The van der Waals surface area contributed by atoms with Crippen molar-refractivity contribution < 1.29 is 19.8 Å². The van der Waals surface area contributed by atoms with Gasteiger partial charge in [-0.25, -0.2) is 0 Å². The summed E-state index contributed by atoms with van der Waals surface area (Å²) in [5, 5.41) is 21.3. The second kappa shape index (κ2) is 5.34. The Hall–Kier alpha value is -2.04. The van der Waals surface area contributed by atoms with Crippen LogP contribution in [0.3, 0.4) is 0 Å². The average molecular weight is 235 g/mol. The van der Waals surface area contributed by atoms with Crippen molar-refractivity contribution in [3.63, 3.8) is 0 Å². The number of hydrogen-bond acceptors (Lipinski definition) is 5. The molecule has 0 aromatic heterocycles. The van der Waals surface area contributed by atoms with E-state index in [0.29, 0.717) is 5.56 Å². The average Bonchev–Trinajstić information content (AvgIpc) is 2.25. The minimum atomic E-state index is -1.41. The van der Waals surface area contributed by atoms with Gasteiger partial charge in [-0.3, -0.25) is 0 Å². The Morgan fingerprint density at radius 3 is 2.06 bits per heavy atom. The van der Waals surface area contributed by atoms with Gasteiger partial charge in [0.2, 0.25) is 0 Å². The van der Waals surface area contributed by atoms with Gasteiger partial charge in [-0.2, -0.15) is 0 Å². The van der Waals surface area contributed by atoms with Gasteiger partial charge in [0.25, 0.3) is 0 Å². The highest BCUT2D eigenvalue weighted by molar-refractivity contribution is 5.80. The number of carbonyl (C=O) groups is 2. The number of aliphatic carboxylic acids is 2. The molecule has 0 saturated carbocycles. The number of anilines is 1. The van der Waals surface area contributed by atoms with Crippen LogP contribution in [0.25, 0.3) is 0 Å². The van der Waals surface area contributed by atoms with Gasteiger partial charge >= 0.3 is 0 Å². The van der Waals surface area contributed by atoms with Crippen LogP contribution < -0.4 is 15.1 Å². The van der Waals surface area contributed by atoms with Crippen molar-refractivity contribution >= 4 is 17.6 Å². The van der Waals surface area contributed by atoms with Crippen molar-refractivity contribution in [3.8, 4) is 0 Å². The zero-order chi connectivity index (χ0) is 13.0. The molecular formula is C12H13NO4-2. The van der Waals surface area contributed by atoms with E-state index in [0.717, 1.165) is 5.69 Å². The Morgan fingerprint density at radius 2 is 1.71 bits per heavy atom. The molecule has 0 bridgehead atoms. The van der Waals surface area contributed by atoms with E-state index < -0.39 is 24.3 Å². The van der Waals surface area contributed by atoms with Crippen LogP contribution in [0.15, 0.2) is 24.3 Å². The Labute approximate surface area is 99.3 Å². The fourth-order valence-corrected chi connectivity index (χ4v) is 1.51. The molecule has 0 spiro atoms. The highest BCUT2D eigenvalue weighted by Crippen LogP contribution is 2.21. The van der Waals surface area contributed by atoms with E-state index in [2.05, 4.69) is 0 Å².